The maximum absolute atomic E-state index is 4.49. The lowest BCUT2D eigenvalue weighted by Gasteiger charge is -2.17. The maximum Gasteiger partial charge on any atom is 0.145 e. The molecule has 0 amide bonds. The fraction of sp³-hybridized carbons (Fsp3) is 0.412. The highest BCUT2D eigenvalue weighted by molar-refractivity contribution is 5.34. The van der Waals surface area contributed by atoms with Gasteiger partial charge in [0, 0.05) is 31.9 Å². The van der Waals surface area contributed by atoms with Gasteiger partial charge in [0.05, 0.1) is 11.9 Å². The molecule has 110 valence electrons. The number of benzene rings is 1. The smallest absolute Gasteiger partial charge is 0.145 e. The topological polar surface area (TPSA) is 41.1 Å². The zero-order chi connectivity index (χ0) is 14.7. The van der Waals surface area contributed by atoms with Crippen LogP contribution < -0.4 is 5.32 Å². The summed E-state index contributed by atoms with van der Waals surface area (Å²) in [6.07, 6.45) is 3.59. The van der Waals surface area contributed by atoms with E-state index in [0.717, 1.165) is 31.1 Å². The first-order chi connectivity index (χ1) is 10.2. The Balaban J connectivity index is 1.61. The van der Waals surface area contributed by atoms with Gasteiger partial charge in [0.25, 0.3) is 0 Å². The van der Waals surface area contributed by atoms with Crippen molar-refractivity contribution in [3.8, 4) is 0 Å². The maximum atomic E-state index is 4.49. The molecule has 1 aromatic heterocycles. The summed E-state index contributed by atoms with van der Waals surface area (Å²) in [4.78, 5) is 11.2. The molecule has 1 fully saturated rings. The van der Waals surface area contributed by atoms with Crippen LogP contribution in [0.15, 0.2) is 42.7 Å². The summed E-state index contributed by atoms with van der Waals surface area (Å²) in [6.45, 7) is 7.45. The lowest BCUT2D eigenvalue weighted by Crippen LogP contribution is -2.28. The van der Waals surface area contributed by atoms with Gasteiger partial charge in [0.2, 0.25) is 0 Å². The van der Waals surface area contributed by atoms with E-state index in [0.29, 0.717) is 12.0 Å². The van der Waals surface area contributed by atoms with E-state index in [1.165, 1.54) is 5.56 Å². The van der Waals surface area contributed by atoms with Gasteiger partial charge < -0.3 is 5.32 Å². The Kier molecular flexibility index (Phi) is 4.15. The molecule has 1 aliphatic rings. The van der Waals surface area contributed by atoms with Crippen LogP contribution in [0.3, 0.4) is 0 Å². The second kappa shape index (κ2) is 6.22. The van der Waals surface area contributed by atoms with Gasteiger partial charge in [-0.1, -0.05) is 37.3 Å². The summed E-state index contributed by atoms with van der Waals surface area (Å²) < 4.78 is 0. The number of hydrogen-bond donors (Lipinski definition) is 1. The molecule has 0 spiro atoms. The van der Waals surface area contributed by atoms with Gasteiger partial charge in [0.15, 0.2) is 0 Å². The summed E-state index contributed by atoms with van der Waals surface area (Å²) in [7, 11) is 0. The fourth-order valence-corrected chi connectivity index (χ4v) is 2.95. The molecule has 0 aliphatic carbocycles. The molecule has 1 aromatic carbocycles. The number of aromatic nitrogens is 2. The summed E-state index contributed by atoms with van der Waals surface area (Å²) in [6, 6.07) is 11.1. The standard InChI is InChI=1S/C17H22N4/c1-13-10-21(11-15-6-4-3-5-7-15)12-16(13)20-17-9-18-8-14(2)19-17/h3-9,13,16H,10-12H2,1-2H3,(H,19,20). The van der Waals surface area contributed by atoms with Crippen molar-refractivity contribution in [1.82, 2.24) is 14.9 Å². The summed E-state index contributed by atoms with van der Waals surface area (Å²) in [5.41, 5.74) is 2.33. The van der Waals surface area contributed by atoms with Gasteiger partial charge >= 0.3 is 0 Å². The Morgan fingerprint density at radius 1 is 1.19 bits per heavy atom. The summed E-state index contributed by atoms with van der Waals surface area (Å²) >= 11 is 0. The first-order valence-corrected chi connectivity index (χ1v) is 7.52. The third-order valence-corrected chi connectivity index (χ3v) is 4.03. The largest absolute Gasteiger partial charge is 0.364 e. The van der Waals surface area contributed by atoms with Crippen LogP contribution >= 0.6 is 0 Å². The minimum atomic E-state index is 0.435. The molecule has 2 atom stereocenters. The number of likely N-dealkylation sites (tertiary alicyclic amines) is 1. The summed E-state index contributed by atoms with van der Waals surface area (Å²) in [5, 5.41) is 3.53. The summed E-state index contributed by atoms with van der Waals surface area (Å²) in [5.74, 6) is 1.49. The van der Waals surface area contributed by atoms with E-state index in [1.54, 1.807) is 12.4 Å². The van der Waals surface area contributed by atoms with Crippen molar-refractivity contribution < 1.29 is 0 Å². The molecule has 2 heterocycles. The molecule has 21 heavy (non-hydrogen) atoms. The SMILES string of the molecule is Cc1cncc(NC2CN(Cc3ccccc3)CC2C)n1. The lowest BCUT2D eigenvalue weighted by atomic mass is 10.1. The average Bonchev–Trinajstić information content (AvgIpc) is 2.80. The van der Waals surface area contributed by atoms with Crippen LogP contribution in [0, 0.1) is 12.8 Å². The zero-order valence-electron chi connectivity index (χ0n) is 12.7. The van der Waals surface area contributed by atoms with Crippen molar-refractivity contribution in [3.05, 3.63) is 54.0 Å². The number of nitrogens with zero attached hydrogens (tertiary/aromatic N) is 3. The molecular weight excluding hydrogens is 260 g/mol. The van der Waals surface area contributed by atoms with Crippen LogP contribution in [0.5, 0.6) is 0 Å². The number of aryl methyl sites for hydroxylation is 1. The van der Waals surface area contributed by atoms with E-state index in [-0.39, 0.29) is 0 Å². The minimum absolute atomic E-state index is 0.435. The van der Waals surface area contributed by atoms with Crippen molar-refractivity contribution in [2.45, 2.75) is 26.4 Å². The molecular formula is C17H22N4. The van der Waals surface area contributed by atoms with Crippen molar-refractivity contribution in [2.24, 2.45) is 5.92 Å². The van der Waals surface area contributed by atoms with Crippen LogP contribution in [0.4, 0.5) is 5.82 Å². The average molecular weight is 282 g/mol. The lowest BCUT2D eigenvalue weighted by molar-refractivity contribution is 0.319. The van der Waals surface area contributed by atoms with Gasteiger partial charge in [-0.15, -0.1) is 0 Å². The molecule has 1 saturated heterocycles. The second-order valence-corrected chi connectivity index (χ2v) is 5.95. The highest BCUT2D eigenvalue weighted by Gasteiger charge is 2.29. The highest BCUT2D eigenvalue weighted by atomic mass is 15.2. The number of anilines is 1. The first kappa shape index (κ1) is 14.0. The fourth-order valence-electron chi connectivity index (χ4n) is 2.95. The molecule has 0 radical (unpaired) electrons. The van der Waals surface area contributed by atoms with Crippen molar-refractivity contribution >= 4 is 5.82 Å². The van der Waals surface area contributed by atoms with Crippen molar-refractivity contribution in [1.29, 1.82) is 0 Å². The number of nitrogens with one attached hydrogen (secondary N) is 1. The van der Waals surface area contributed by atoms with Gasteiger partial charge in [-0.25, -0.2) is 4.98 Å². The van der Waals surface area contributed by atoms with Crippen LogP contribution in [0.2, 0.25) is 0 Å². The molecule has 0 bridgehead atoms. The van der Waals surface area contributed by atoms with Crippen molar-refractivity contribution in [3.63, 3.8) is 0 Å². The van der Waals surface area contributed by atoms with Crippen molar-refractivity contribution in [2.75, 3.05) is 18.4 Å². The molecule has 2 aromatic rings. The Morgan fingerprint density at radius 2 is 2.00 bits per heavy atom. The third-order valence-electron chi connectivity index (χ3n) is 4.03. The molecule has 1 N–H and O–H groups in total. The quantitative estimate of drug-likeness (QED) is 0.936. The van der Waals surface area contributed by atoms with E-state index in [4.69, 9.17) is 0 Å². The third kappa shape index (κ3) is 3.58. The highest BCUT2D eigenvalue weighted by Crippen LogP contribution is 2.21. The molecule has 1 aliphatic heterocycles. The first-order valence-electron chi connectivity index (χ1n) is 7.52. The molecule has 2 unspecified atom stereocenters. The van der Waals surface area contributed by atoms with Gasteiger partial charge in [-0.2, -0.15) is 0 Å². The van der Waals surface area contributed by atoms with E-state index in [1.807, 2.05) is 6.92 Å². The molecule has 0 saturated carbocycles. The Morgan fingerprint density at radius 3 is 2.76 bits per heavy atom. The Labute approximate surface area is 126 Å². The van der Waals surface area contributed by atoms with Gasteiger partial charge in [-0.05, 0) is 18.4 Å². The van der Waals surface area contributed by atoms with Crippen LogP contribution in [-0.2, 0) is 6.54 Å². The number of rotatable bonds is 4. The Hall–Kier alpha value is -1.94. The van der Waals surface area contributed by atoms with E-state index in [9.17, 15) is 0 Å². The van der Waals surface area contributed by atoms with E-state index in [2.05, 4.69) is 57.4 Å². The number of hydrogen-bond acceptors (Lipinski definition) is 4. The molecule has 4 heteroatoms. The minimum Gasteiger partial charge on any atom is -0.364 e. The van der Waals surface area contributed by atoms with Gasteiger partial charge in [-0.3, -0.25) is 9.88 Å². The normalized spacial score (nSPS) is 22.4. The van der Waals surface area contributed by atoms with Crippen LogP contribution in [0.1, 0.15) is 18.2 Å². The molecule has 3 rings (SSSR count). The van der Waals surface area contributed by atoms with Crippen LogP contribution in [-0.4, -0.2) is 34.0 Å². The predicted octanol–water partition coefficient (Wildman–Crippen LogP) is 2.72. The zero-order valence-corrected chi connectivity index (χ0v) is 12.7. The van der Waals surface area contributed by atoms with Crippen LogP contribution in [0.25, 0.3) is 0 Å². The monoisotopic (exact) mass is 282 g/mol. The Bertz CT molecular complexity index is 584. The van der Waals surface area contributed by atoms with E-state index >= 15 is 0 Å². The predicted molar refractivity (Wildman–Crippen MR) is 85.1 cm³/mol. The van der Waals surface area contributed by atoms with Gasteiger partial charge in [0.1, 0.15) is 5.82 Å². The second-order valence-electron chi connectivity index (χ2n) is 5.95. The van der Waals surface area contributed by atoms with E-state index < -0.39 is 0 Å². The molecule has 4 nitrogen and oxygen atoms in total.